The van der Waals surface area contributed by atoms with Crippen molar-refractivity contribution in [3.05, 3.63) is 42.0 Å². The number of aromatic hydroxyl groups is 1. The standard InChI is InChI=1S/C16H17N3O3/c1-2-9-17-15(21)16(22)19-18-10-13-12-6-4-3-5-11(12)7-8-14(13)20/h3-8,10,20H,2,9H2,1H3,(H,17,21)(H,19,22)/b18-10+. The Labute approximate surface area is 127 Å². The molecule has 2 rings (SSSR count). The fraction of sp³-hybridized carbons (Fsp3) is 0.188. The summed E-state index contributed by atoms with van der Waals surface area (Å²) in [6.07, 6.45) is 2.06. The molecular weight excluding hydrogens is 282 g/mol. The lowest BCUT2D eigenvalue weighted by atomic mass is 10.0. The summed E-state index contributed by atoms with van der Waals surface area (Å²) in [5, 5.41) is 17.8. The Morgan fingerprint density at radius 1 is 1.18 bits per heavy atom. The van der Waals surface area contributed by atoms with Crippen LogP contribution in [0.4, 0.5) is 0 Å². The predicted molar refractivity (Wildman–Crippen MR) is 84.7 cm³/mol. The number of benzene rings is 2. The molecule has 2 aromatic carbocycles. The molecule has 0 fully saturated rings. The van der Waals surface area contributed by atoms with Gasteiger partial charge in [0, 0.05) is 12.1 Å². The van der Waals surface area contributed by atoms with Gasteiger partial charge >= 0.3 is 11.8 Å². The predicted octanol–water partition coefficient (Wildman–Crippen LogP) is 1.52. The lowest BCUT2D eigenvalue weighted by molar-refractivity contribution is -0.139. The van der Waals surface area contributed by atoms with Gasteiger partial charge in [-0.15, -0.1) is 0 Å². The van der Waals surface area contributed by atoms with Gasteiger partial charge in [-0.2, -0.15) is 5.10 Å². The van der Waals surface area contributed by atoms with Crippen molar-refractivity contribution in [3.8, 4) is 5.75 Å². The maximum absolute atomic E-state index is 11.5. The number of hydrazone groups is 1. The molecule has 0 aliphatic rings. The Morgan fingerprint density at radius 2 is 1.95 bits per heavy atom. The second-order valence-electron chi connectivity index (χ2n) is 4.67. The molecule has 0 saturated heterocycles. The van der Waals surface area contributed by atoms with E-state index < -0.39 is 11.8 Å². The third-order valence-electron chi connectivity index (χ3n) is 3.05. The number of carbonyl (C=O) groups excluding carboxylic acids is 2. The first kappa shape index (κ1) is 15.5. The minimum Gasteiger partial charge on any atom is -0.507 e. The summed E-state index contributed by atoms with van der Waals surface area (Å²) in [5.41, 5.74) is 2.62. The van der Waals surface area contributed by atoms with E-state index in [0.29, 0.717) is 12.1 Å². The fourth-order valence-corrected chi connectivity index (χ4v) is 1.94. The van der Waals surface area contributed by atoms with Crippen molar-refractivity contribution >= 4 is 28.8 Å². The van der Waals surface area contributed by atoms with Crippen molar-refractivity contribution in [1.82, 2.24) is 10.7 Å². The number of carbonyl (C=O) groups is 2. The smallest absolute Gasteiger partial charge is 0.329 e. The molecular formula is C16H17N3O3. The van der Waals surface area contributed by atoms with E-state index in [4.69, 9.17) is 0 Å². The second-order valence-corrected chi connectivity index (χ2v) is 4.67. The Hall–Kier alpha value is -2.89. The molecule has 6 nitrogen and oxygen atoms in total. The highest BCUT2D eigenvalue weighted by molar-refractivity contribution is 6.35. The van der Waals surface area contributed by atoms with Crippen molar-refractivity contribution in [2.75, 3.05) is 6.54 Å². The van der Waals surface area contributed by atoms with Gasteiger partial charge in [0.25, 0.3) is 0 Å². The fourth-order valence-electron chi connectivity index (χ4n) is 1.94. The summed E-state index contributed by atoms with van der Waals surface area (Å²) >= 11 is 0. The van der Waals surface area contributed by atoms with Crippen LogP contribution in [-0.4, -0.2) is 29.7 Å². The molecule has 0 saturated carbocycles. The quantitative estimate of drug-likeness (QED) is 0.454. The van der Waals surface area contributed by atoms with Gasteiger partial charge in [0.05, 0.1) is 6.21 Å². The largest absolute Gasteiger partial charge is 0.507 e. The average molecular weight is 299 g/mol. The van der Waals surface area contributed by atoms with Crippen LogP contribution in [-0.2, 0) is 9.59 Å². The molecule has 0 unspecified atom stereocenters. The zero-order chi connectivity index (χ0) is 15.9. The van der Waals surface area contributed by atoms with Gasteiger partial charge in [-0.1, -0.05) is 37.3 Å². The highest BCUT2D eigenvalue weighted by atomic mass is 16.3. The Balaban J connectivity index is 2.12. The van der Waals surface area contributed by atoms with Crippen LogP contribution in [0.2, 0.25) is 0 Å². The first-order chi connectivity index (χ1) is 10.6. The van der Waals surface area contributed by atoms with Gasteiger partial charge in [0.15, 0.2) is 0 Å². The molecule has 0 atom stereocenters. The molecule has 22 heavy (non-hydrogen) atoms. The van der Waals surface area contributed by atoms with Crippen LogP contribution in [0.25, 0.3) is 10.8 Å². The van der Waals surface area contributed by atoms with Gasteiger partial charge in [0.1, 0.15) is 5.75 Å². The lowest BCUT2D eigenvalue weighted by Crippen LogP contribution is -2.38. The van der Waals surface area contributed by atoms with Gasteiger partial charge in [-0.3, -0.25) is 9.59 Å². The zero-order valence-electron chi connectivity index (χ0n) is 12.2. The third-order valence-corrected chi connectivity index (χ3v) is 3.05. The number of hydrogen-bond acceptors (Lipinski definition) is 4. The van der Waals surface area contributed by atoms with E-state index in [0.717, 1.165) is 17.2 Å². The van der Waals surface area contributed by atoms with Crippen molar-refractivity contribution in [1.29, 1.82) is 0 Å². The molecule has 0 aromatic heterocycles. The summed E-state index contributed by atoms with van der Waals surface area (Å²) in [5.74, 6) is -1.53. The zero-order valence-corrected chi connectivity index (χ0v) is 12.2. The SMILES string of the molecule is CCCNC(=O)C(=O)N/N=C/c1c(O)ccc2ccccc12. The normalized spacial score (nSPS) is 10.8. The number of amides is 2. The highest BCUT2D eigenvalue weighted by Crippen LogP contribution is 2.25. The highest BCUT2D eigenvalue weighted by Gasteiger charge is 2.11. The number of phenols is 1. The minimum atomic E-state index is -0.843. The van der Waals surface area contributed by atoms with E-state index in [1.165, 1.54) is 6.21 Å². The number of fused-ring (bicyclic) bond motifs is 1. The lowest BCUT2D eigenvalue weighted by Gasteiger charge is -2.05. The third kappa shape index (κ3) is 3.60. The van der Waals surface area contributed by atoms with Gasteiger partial charge in [-0.25, -0.2) is 5.43 Å². The van der Waals surface area contributed by atoms with Crippen LogP contribution in [0, 0.1) is 0 Å². The summed E-state index contributed by atoms with van der Waals surface area (Å²) < 4.78 is 0. The monoisotopic (exact) mass is 299 g/mol. The molecule has 0 spiro atoms. The van der Waals surface area contributed by atoms with E-state index in [-0.39, 0.29) is 5.75 Å². The molecule has 6 heteroatoms. The van der Waals surface area contributed by atoms with Gasteiger partial charge in [0.2, 0.25) is 0 Å². The molecule has 2 aromatic rings. The number of hydrogen-bond donors (Lipinski definition) is 3. The van der Waals surface area contributed by atoms with Crippen molar-refractivity contribution < 1.29 is 14.7 Å². The van der Waals surface area contributed by atoms with Crippen LogP contribution < -0.4 is 10.7 Å². The van der Waals surface area contributed by atoms with Gasteiger partial charge < -0.3 is 10.4 Å². The summed E-state index contributed by atoms with van der Waals surface area (Å²) in [7, 11) is 0. The molecule has 0 heterocycles. The average Bonchev–Trinajstić information content (AvgIpc) is 2.54. The molecule has 114 valence electrons. The molecule has 3 N–H and O–H groups in total. The molecule has 0 aliphatic carbocycles. The number of phenolic OH excluding ortho intramolecular Hbond substituents is 1. The van der Waals surface area contributed by atoms with E-state index in [9.17, 15) is 14.7 Å². The number of nitrogens with zero attached hydrogens (tertiary/aromatic N) is 1. The Morgan fingerprint density at radius 3 is 2.73 bits per heavy atom. The van der Waals surface area contributed by atoms with E-state index in [2.05, 4.69) is 15.8 Å². The van der Waals surface area contributed by atoms with E-state index in [1.54, 1.807) is 12.1 Å². The van der Waals surface area contributed by atoms with Crippen LogP contribution in [0.15, 0.2) is 41.5 Å². The summed E-state index contributed by atoms with van der Waals surface area (Å²) in [4.78, 5) is 22.9. The van der Waals surface area contributed by atoms with Crippen LogP contribution >= 0.6 is 0 Å². The second kappa shape index (κ2) is 7.21. The molecule has 0 bridgehead atoms. The molecule has 2 amide bonds. The van der Waals surface area contributed by atoms with E-state index in [1.807, 2.05) is 31.2 Å². The minimum absolute atomic E-state index is 0.0483. The molecule has 0 aliphatic heterocycles. The number of nitrogens with one attached hydrogen (secondary N) is 2. The van der Waals surface area contributed by atoms with Gasteiger partial charge in [-0.05, 0) is 23.3 Å². The number of rotatable bonds is 4. The first-order valence-corrected chi connectivity index (χ1v) is 6.95. The summed E-state index contributed by atoms with van der Waals surface area (Å²) in [6, 6.07) is 10.8. The van der Waals surface area contributed by atoms with Crippen molar-refractivity contribution in [2.45, 2.75) is 13.3 Å². The first-order valence-electron chi connectivity index (χ1n) is 6.95. The van der Waals surface area contributed by atoms with Crippen LogP contribution in [0.1, 0.15) is 18.9 Å². The van der Waals surface area contributed by atoms with Crippen molar-refractivity contribution in [3.63, 3.8) is 0 Å². The Kier molecular flexibility index (Phi) is 5.08. The topological polar surface area (TPSA) is 90.8 Å². The maximum atomic E-state index is 11.5. The maximum Gasteiger partial charge on any atom is 0.329 e. The van der Waals surface area contributed by atoms with E-state index >= 15 is 0 Å². The van der Waals surface area contributed by atoms with Crippen LogP contribution in [0.3, 0.4) is 0 Å². The Bertz CT molecular complexity index is 726. The van der Waals surface area contributed by atoms with Crippen LogP contribution in [0.5, 0.6) is 5.75 Å². The van der Waals surface area contributed by atoms with Crippen molar-refractivity contribution in [2.24, 2.45) is 5.10 Å². The summed E-state index contributed by atoms with van der Waals surface area (Å²) in [6.45, 7) is 2.32. The molecule has 0 radical (unpaired) electrons.